The lowest BCUT2D eigenvalue weighted by Gasteiger charge is -2.10. The Bertz CT molecular complexity index is 878. The summed E-state index contributed by atoms with van der Waals surface area (Å²) < 4.78 is 1.85. The highest BCUT2D eigenvalue weighted by molar-refractivity contribution is 6.05. The summed E-state index contributed by atoms with van der Waals surface area (Å²) in [5, 5.41) is 8.16. The van der Waals surface area contributed by atoms with E-state index >= 15 is 0 Å². The van der Waals surface area contributed by atoms with Crippen molar-refractivity contribution in [2.45, 2.75) is 40.3 Å². The van der Waals surface area contributed by atoms with Crippen molar-refractivity contribution in [2.75, 3.05) is 0 Å². The number of carbonyl (C=O) groups is 1. The molecule has 0 aliphatic heterocycles. The van der Waals surface area contributed by atoms with Gasteiger partial charge < -0.3 is 5.32 Å². The predicted octanol–water partition coefficient (Wildman–Crippen LogP) is 3.56. The zero-order chi connectivity index (χ0) is 17.3. The van der Waals surface area contributed by atoms with Crippen molar-refractivity contribution in [2.24, 2.45) is 0 Å². The zero-order valence-corrected chi connectivity index (χ0v) is 14.5. The summed E-state index contributed by atoms with van der Waals surface area (Å²) in [6.07, 6.45) is 1.72. The monoisotopic (exact) mass is 322 g/mol. The number of rotatable bonds is 4. The third-order valence-corrected chi connectivity index (χ3v) is 4.00. The maximum atomic E-state index is 12.7. The van der Waals surface area contributed by atoms with Crippen LogP contribution in [0.3, 0.4) is 0 Å². The van der Waals surface area contributed by atoms with E-state index in [-0.39, 0.29) is 11.9 Å². The number of nitrogens with zero attached hydrogens (tertiary/aromatic N) is 3. The molecule has 0 unspecified atom stereocenters. The fraction of sp³-hybridized carbons (Fsp3) is 0.316. The molecule has 5 heteroatoms. The van der Waals surface area contributed by atoms with Crippen LogP contribution in [0.4, 0.5) is 0 Å². The molecule has 3 aromatic rings. The van der Waals surface area contributed by atoms with E-state index in [4.69, 9.17) is 0 Å². The summed E-state index contributed by atoms with van der Waals surface area (Å²) in [7, 11) is 0. The van der Waals surface area contributed by atoms with Gasteiger partial charge in [0.1, 0.15) is 0 Å². The molecule has 124 valence electrons. The van der Waals surface area contributed by atoms with Gasteiger partial charge in [0.25, 0.3) is 5.91 Å². The third-order valence-electron chi connectivity index (χ3n) is 4.00. The van der Waals surface area contributed by atoms with Crippen LogP contribution in [0.1, 0.15) is 47.1 Å². The molecule has 5 nitrogen and oxygen atoms in total. The maximum Gasteiger partial charge on any atom is 0.252 e. The fourth-order valence-electron chi connectivity index (χ4n) is 2.69. The van der Waals surface area contributed by atoms with Crippen molar-refractivity contribution in [1.82, 2.24) is 20.1 Å². The lowest BCUT2D eigenvalue weighted by molar-refractivity contribution is 0.0952. The number of aromatic nitrogens is 3. The largest absolute Gasteiger partial charge is 0.348 e. The topological polar surface area (TPSA) is 59.8 Å². The molecule has 24 heavy (non-hydrogen) atoms. The summed E-state index contributed by atoms with van der Waals surface area (Å²) >= 11 is 0. The van der Waals surface area contributed by atoms with E-state index in [1.54, 1.807) is 6.20 Å². The molecule has 2 heterocycles. The minimum absolute atomic E-state index is 0.102. The normalized spacial score (nSPS) is 11.2. The summed E-state index contributed by atoms with van der Waals surface area (Å²) in [5.41, 5.74) is 4.47. The quantitative estimate of drug-likeness (QED) is 0.799. The molecule has 1 N–H and O–H groups in total. The van der Waals surface area contributed by atoms with Crippen molar-refractivity contribution in [3.8, 4) is 0 Å². The first kappa shape index (κ1) is 16.2. The second kappa shape index (κ2) is 6.43. The Morgan fingerprint density at radius 3 is 2.58 bits per heavy atom. The molecular formula is C19H22N4O. The molecule has 3 rings (SSSR count). The lowest BCUT2D eigenvalue weighted by Crippen LogP contribution is -2.23. The Kier molecular flexibility index (Phi) is 4.34. The van der Waals surface area contributed by atoms with Crippen molar-refractivity contribution in [3.63, 3.8) is 0 Å². The van der Waals surface area contributed by atoms with E-state index in [1.165, 1.54) is 5.56 Å². The van der Waals surface area contributed by atoms with Crippen LogP contribution in [0.2, 0.25) is 0 Å². The van der Waals surface area contributed by atoms with E-state index in [9.17, 15) is 4.79 Å². The third kappa shape index (κ3) is 3.15. The SMILES string of the molecule is Cc1ccc(CNC(=O)c2cc(C)nc3c2cnn3C(C)C)cc1. The smallest absolute Gasteiger partial charge is 0.252 e. The highest BCUT2D eigenvalue weighted by Crippen LogP contribution is 2.21. The molecule has 0 aliphatic rings. The van der Waals surface area contributed by atoms with Gasteiger partial charge in [-0.2, -0.15) is 5.10 Å². The summed E-state index contributed by atoms with van der Waals surface area (Å²) in [5.74, 6) is -0.102. The summed E-state index contributed by atoms with van der Waals surface area (Å²) in [4.78, 5) is 17.2. The Morgan fingerprint density at radius 1 is 1.21 bits per heavy atom. The molecule has 0 spiro atoms. The van der Waals surface area contributed by atoms with Gasteiger partial charge in [-0.3, -0.25) is 4.79 Å². The van der Waals surface area contributed by atoms with Gasteiger partial charge in [0, 0.05) is 18.3 Å². The van der Waals surface area contributed by atoms with Crippen molar-refractivity contribution < 1.29 is 4.79 Å². The van der Waals surface area contributed by atoms with Crippen LogP contribution in [0, 0.1) is 13.8 Å². The molecule has 1 amide bonds. The molecule has 0 saturated heterocycles. The Morgan fingerprint density at radius 2 is 1.92 bits per heavy atom. The molecule has 0 fully saturated rings. The molecule has 0 bridgehead atoms. The number of benzene rings is 1. The second-order valence-electron chi connectivity index (χ2n) is 6.40. The number of fused-ring (bicyclic) bond motifs is 1. The summed E-state index contributed by atoms with van der Waals surface area (Å²) in [6, 6.07) is 10.2. The average molecular weight is 322 g/mol. The lowest BCUT2D eigenvalue weighted by atomic mass is 10.1. The Balaban J connectivity index is 1.88. The number of nitrogens with one attached hydrogen (secondary N) is 1. The van der Waals surface area contributed by atoms with Crippen LogP contribution >= 0.6 is 0 Å². The molecule has 0 radical (unpaired) electrons. The van der Waals surface area contributed by atoms with E-state index in [0.717, 1.165) is 22.3 Å². The van der Waals surface area contributed by atoms with Gasteiger partial charge in [-0.25, -0.2) is 9.67 Å². The van der Waals surface area contributed by atoms with E-state index in [0.29, 0.717) is 12.1 Å². The minimum atomic E-state index is -0.102. The first-order valence-electron chi connectivity index (χ1n) is 8.14. The van der Waals surface area contributed by atoms with Crippen LogP contribution < -0.4 is 5.32 Å². The standard InChI is InChI=1S/C19H22N4O/c1-12(2)23-18-17(11-21-23)16(9-14(4)22-18)19(24)20-10-15-7-5-13(3)6-8-15/h5-9,11-12H,10H2,1-4H3,(H,20,24). The average Bonchev–Trinajstić information content (AvgIpc) is 2.97. The van der Waals surface area contributed by atoms with Crippen LogP contribution in [0.15, 0.2) is 36.5 Å². The number of hydrogen-bond donors (Lipinski definition) is 1. The van der Waals surface area contributed by atoms with Gasteiger partial charge in [0.15, 0.2) is 5.65 Å². The van der Waals surface area contributed by atoms with Gasteiger partial charge in [0.2, 0.25) is 0 Å². The number of carbonyl (C=O) groups excluding carboxylic acids is 1. The van der Waals surface area contributed by atoms with Gasteiger partial charge in [-0.15, -0.1) is 0 Å². The number of amides is 1. The molecular weight excluding hydrogens is 300 g/mol. The molecule has 0 atom stereocenters. The molecule has 0 saturated carbocycles. The molecule has 2 aromatic heterocycles. The van der Waals surface area contributed by atoms with E-state index in [2.05, 4.69) is 15.4 Å². The van der Waals surface area contributed by atoms with Crippen LogP contribution in [0.5, 0.6) is 0 Å². The first-order valence-corrected chi connectivity index (χ1v) is 8.14. The molecule has 0 aliphatic carbocycles. The van der Waals surface area contributed by atoms with E-state index in [1.807, 2.05) is 62.7 Å². The highest BCUT2D eigenvalue weighted by Gasteiger charge is 2.16. The van der Waals surface area contributed by atoms with Gasteiger partial charge >= 0.3 is 0 Å². The van der Waals surface area contributed by atoms with Gasteiger partial charge in [0.05, 0.1) is 17.1 Å². The van der Waals surface area contributed by atoms with Crippen molar-refractivity contribution in [1.29, 1.82) is 0 Å². The minimum Gasteiger partial charge on any atom is -0.348 e. The highest BCUT2D eigenvalue weighted by atomic mass is 16.1. The maximum absolute atomic E-state index is 12.7. The Hall–Kier alpha value is -2.69. The van der Waals surface area contributed by atoms with Crippen molar-refractivity contribution >= 4 is 16.9 Å². The zero-order valence-electron chi connectivity index (χ0n) is 14.5. The van der Waals surface area contributed by atoms with E-state index < -0.39 is 0 Å². The van der Waals surface area contributed by atoms with Gasteiger partial charge in [-0.1, -0.05) is 29.8 Å². The fourth-order valence-corrected chi connectivity index (χ4v) is 2.69. The van der Waals surface area contributed by atoms with Gasteiger partial charge in [-0.05, 0) is 39.3 Å². The summed E-state index contributed by atoms with van der Waals surface area (Å²) in [6.45, 7) is 8.54. The Labute approximate surface area is 141 Å². The first-order chi connectivity index (χ1) is 11.5. The van der Waals surface area contributed by atoms with Crippen molar-refractivity contribution in [3.05, 3.63) is 58.9 Å². The number of pyridine rings is 1. The predicted molar refractivity (Wildman–Crippen MR) is 95.0 cm³/mol. The van der Waals surface area contributed by atoms with Crippen LogP contribution in [0.25, 0.3) is 11.0 Å². The van der Waals surface area contributed by atoms with Crippen LogP contribution in [-0.2, 0) is 6.54 Å². The number of hydrogen-bond acceptors (Lipinski definition) is 3. The number of aryl methyl sites for hydroxylation is 2. The second-order valence-corrected chi connectivity index (χ2v) is 6.40. The van der Waals surface area contributed by atoms with Crippen LogP contribution in [-0.4, -0.2) is 20.7 Å². The molecule has 1 aromatic carbocycles.